The molecule has 0 saturated heterocycles. The molecule has 0 amide bonds. The van der Waals surface area contributed by atoms with Crippen molar-refractivity contribution >= 4 is 5.78 Å². The highest BCUT2D eigenvalue weighted by molar-refractivity contribution is 5.79. The Labute approximate surface area is 68.2 Å². The zero-order chi connectivity index (χ0) is 8.27. The molecule has 60 valence electrons. The Hall–Kier alpha value is -0.770. The molecule has 1 heteroatoms. The number of terminal acetylenes is 1. The first-order chi connectivity index (χ1) is 5.24. The zero-order valence-electron chi connectivity index (χ0n) is 6.97. The third-order valence-electron chi connectivity index (χ3n) is 2.55. The van der Waals surface area contributed by atoms with E-state index in [4.69, 9.17) is 6.42 Å². The molecule has 1 rings (SSSR count). The maximum atomic E-state index is 11.0. The van der Waals surface area contributed by atoms with Crippen molar-refractivity contribution in [1.82, 2.24) is 0 Å². The van der Waals surface area contributed by atoms with Crippen LogP contribution in [0.15, 0.2) is 0 Å². The highest BCUT2D eigenvalue weighted by Gasteiger charge is 2.24. The standard InChI is InChI=1S/C10H14O/c1-3-4-9-7-10(11)6-5-8(9)2/h1,8-9H,4-7H2,2H3. The summed E-state index contributed by atoms with van der Waals surface area (Å²) in [5.41, 5.74) is 0. The summed E-state index contributed by atoms with van der Waals surface area (Å²) in [6.45, 7) is 2.19. The number of rotatable bonds is 1. The number of carbonyl (C=O) groups excluding carboxylic acids is 1. The number of hydrogen-bond donors (Lipinski definition) is 0. The summed E-state index contributed by atoms with van der Waals surface area (Å²) >= 11 is 0. The van der Waals surface area contributed by atoms with E-state index >= 15 is 0 Å². The first-order valence-electron chi connectivity index (χ1n) is 4.19. The van der Waals surface area contributed by atoms with Gasteiger partial charge >= 0.3 is 0 Å². The molecular weight excluding hydrogens is 136 g/mol. The van der Waals surface area contributed by atoms with Gasteiger partial charge in [0.15, 0.2) is 0 Å². The highest BCUT2D eigenvalue weighted by atomic mass is 16.1. The Balaban J connectivity index is 2.48. The van der Waals surface area contributed by atoms with Crippen LogP contribution in [0, 0.1) is 24.2 Å². The van der Waals surface area contributed by atoms with Gasteiger partial charge in [0, 0.05) is 19.3 Å². The predicted octanol–water partition coefficient (Wildman–Crippen LogP) is 2.01. The quantitative estimate of drug-likeness (QED) is 0.522. The van der Waals surface area contributed by atoms with Crippen molar-refractivity contribution in [2.75, 3.05) is 0 Å². The molecule has 2 unspecified atom stereocenters. The molecule has 0 spiro atoms. The van der Waals surface area contributed by atoms with Crippen LogP contribution in [0.5, 0.6) is 0 Å². The van der Waals surface area contributed by atoms with Gasteiger partial charge in [0.25, 0.3) is 0 Å². The molecule has 0 aromatic rings. The molecule has 1 aliphatic carbocycles. The summed E-state index contributed by atoms with van der Waals surface area (Å²) in [7, 11) is 0. The first-order valence-corrected chi connectivity index (χ1v) is 4.19. The molecule has 0 aromatic heterocycles. The van der Waals surface area contributed by atoms with E-state index in [1.165, 1.54) is 0 Å². The maximum absolute atomic E-state index is 11.0. The zero-order valence-corrected chi connectivity index (χ0v) is 6.97. The average Bonchev–Trinajstić information content (AvgIpc) is 1.98. The topological polar surface area (TPSA) is 17.1 Å². The van der Waals surface area contributed by atoms with Gasteiger partial charge in [-0.25, -0.2) is 0 Å². The SMILES string of the molecule is C#CCC1CC(=O)CCC1C. The lowest BCUT2D eigenvalue weighted by Gasteiger charge is -2.25. The molecule has 0 N–H and O–H groups in total. The molecule has 0 heterocycles. The third-order valence-corrected chi connectivity index (χ3v) is 2.55. The minimum Gasteiger partial charge on any atom is -0.300 e. The van der Waals surface area contributed by atoms with Gasteiger partial charge in [0.2, 0.25) is 0 Å². The smallest absolute Gasteiger partial charge is 0.133 e. The minimum absolute atomic E-state index is 0.392. The van der Waals surface area contributed by atoms with Crippen LogP contribution < -0.4 is 0 Å². The summed E-state index contributed by atoms with van der Waals surface area (Å²) in [6.07, 6.45) is 8.49. The third kappa shape index (κ3) is 2.08. The van der Waals surface area contributed by atoms with Crippen molar-refractivity contribution in [2.45, 2.75) is 32.6 Å². The summed E-state index contributed by atoms with van der Waals surface area (Å²) in [5.74, 6) is 4.13. The van der Waals surface area contributed by atoms with E-state index in [0.29, 0.717) is 24.0 Å². The van der Waals surface area contributed by atoms with Crippen LogP contribution in [0.2, 0.25) is 0 Å². The van der Waals surface area contributed by atoms with Crippen molar-refractivity contribution in [3.63, 3.8) is 0 Å². The van der Waals surface area contributed by atoms with Gasteiger partial charge in [-0.15, -0.1) is 12.3 Å². The van der Waals surface area contributed by atoms with Gasteiger partial charge < -0.3 is 0 Å². The van der Waals surface area contributed by atoms with Gasteiger partial charge in [0.1, 0.15) is 5.78 Å². The van der Waals surface area contributed by atoms with Crippen LogP contribution in [0.1, 0.15) is 32.6 Å². The van der Waals surface area contributed by atoms with E-state index in [9.17, 15) is 4.79 Å². The van der Waals surface area contributed by atoms with Crippen molar-refractivity contribution < 1.29 is 4.79 Å². The Bertz CT molecular complexity index is 188. The van der Waals surface area contributed by atoms with E-state index in [2.05, 4.69) is 12.8 Å². The van der Waals surface area contributed by atoms with E-state index < -0.39 is 0 Å². The fourth-order valence-electron chi connectivity index (χ4n) is 1.64. The fraction of sp³-hybridized carbons (Fsp3) is 0.700. The van der Waals surface area contributed by atoms with E-state index in [1.807, 2.05) is 0 Å². The highest BCUT2D eigenvalue weighted by Crippen LogP contribution is 2.29. The molecule has 11 heavy (non-hydrogen) atoms. The van der Waals surface area contributed by atoms with Crippen LogP contribution in [-0.2, 0) is 4.79 Å². The molecule has 0 bridgehead atoms. The monoisotopic (exact) mass is 150 g/mol. The molecule has 1 nitrogen and oxygen atoms in total. The largest absolute Gasteiger partial charge is 0.300 e. The van der Waals surface area contributed by atoms with Crippen molar-refractivity contribution in [2.24, 2.45) is 11.8 Å². The Morgan fingerprint density at radius 3 is 3.09 bits per heavy atom. The number of Topliss-reactive ketones (excluding diaryl/α,β-unsaturated/α-hetero) is 1. The number of carbonyl (C=O) groups is 1. The van der Waals surface area contributed by atoms with Gasteiger partial charge in [-0.2, -0.15) is 0 Å². The summed E-state index contributed by atoms with van der Waals surface area (Å²) in [4.78, 5) is 11.0. The summed E-state index contributed by atoms with van der Waals surface area (Å²) in [5, 5.41) is 0. The molecule has 0 radical (unpaired) electrons. The molecule has 1 saturated carbocycles. The van der Waals surface area contributed by atoms with Gasteiger partial charge in [-0.3, -0.25) is 4.79 Å². The minimum atomic E-state index is 0.392. The summed E-state index contributed by atoms with van der Waals surface area (Å²) < 4.78 is 0. The van der Waals surface area contributed by atoms with Crippen LogP contribution >= 0.6 is 0 Å². The number of ketones is 1. The Morgan fingerprint density at radius 1 is 1.73 bits per heavy atom. The lowest BCUT2D eigenvalue weighted by Crippen LogP contribution is -2.22. The molecule has 1 fully saturated rings. The second kappa shape index (κ2) is 3.57. The second-order valence-corrected chi connectivity index (χ2v) is 3.43. The molecule has 2 atom stereocenters. The normalized spacial score (nSPS) is 31.5. The van der Waals surface area contributed by atoms with Crippen molar-refractivity contribution in [1.29, 1.82) is 0 Å². The summed E-state index contributed by atoms with van der Waals surface area (Å²) in [6, 6.07) is 0. The fourth-order valence-corrected chi connectivity index (χ4v) is 1.64. The van der Waals surface area contributed by atoms with Crippen molar-refractivity contribution in [3.8, 4) is 12.3 Å². The maximum Gasteiger partial charge on any atom is 0.133 e. The van der Waals surface area contributed by atoms with Crippen LogP contribution in [0.3, 0.4) is 0 Å². The Morgan fingerprint density at radius 2 is 2.45 bits per heavy atom. The Kier molecular flexibility index (Phi) is 2.70. The predicted molar refractivity (Wildman–Crippen MR) is 45.0 cm³/mol. The van der Waals surface area contributed by atoms with E-state index in [-0.39, 0.29) is 0 Å². The van der Waals surface area contributed by atoms with E-state index in [1.54, 1.807) is 0 Å². The molecule has 0 aliphatic heterocycles. The lowest BCUT2D eigenvalue weighted by atomic mass is 9.78. The van der Waals surface area contributed by atoms with Crippen LogP contribution in [0.25, 0.3) is 0 Å². The van der Waals surface area contributed by atoms with Crippen LogP contribution in [-0.4, -0.2) is 5.78 Å². The first kappa shape index (κ1) is 8.33. The van der Waals surface area contributed by atoms with Crippen molar-refractivity contribution in [3.05, 3.63) is 0 Å². The van der Waals surface area contributed by atoms with Crippen LogP contribution in [0.4, 0.5) is 0 Å². The van der Waals surface area contributed by atoms with Gasteiger partial charge in [0.05, 0.1) is 0 Å². The number of hydrogen-bond acceptors (Lipinski definition) is 1. The van der Waals surface area contributed by atoms with Gasteiger partial charge in [-0.1, -0.05) is 6.92 Å². The molecule has 1 aliphatic rings. The second-order valence-electron chi connectivity index (χ2n) is 3.43. The molecular formula is C10H14O. The lowest BCUT2D eigenvalue weighted by molar-refractivity contribution is -0.122. The van der Waals surface area contributed by atoms with E-state index in [0.717, 1.165) is 19.3 Å². The molecule has 0 aromatic carbocycles. The van der Waals surface area contributed by atoms with Gasteiger partial charge in [-0.05, 0) is 18.3 Å². The average molecular weight is 150 g/mol.